The van der Waals surface area contributed by atoms with Gasteiger partial charge < -0.3 is 10.0 Å². The van der Waals surface area contributed by atoms with E-state index in [0.717, 1.165) is 18.2 Å². The van der Waals surface area contributed by atoms with Crippen LogP contribution in [-0.2, 0) is 14.6 Å². The zero-order valence-corrected chi connectivity index (χ0v) is 12.5. The number of nitrogens with zero attached hydrogens (tertiary/aromatic N) is 1. The molecule has 0 saturated carbocycles. The van der Waals surface area contributed by atoms with Gasteiger partial charge in [-0.25, -0.2) is 17.6 Å². The molecule has 0 unspecified atom stereocenters. The van der Waals surface area contributed by atoms with Gasteiger partial charge in [-0.1, -0.05) is 0 Å². The molecule has 1 rings (SSSR count). The van der Waals surface area contributed by atoms with E-state index in [1.54, 1.807) is 13.8 Å². The summed E-state index contributed by atoms with van der Waals surface area (Å²) in [5.74, 6) is -3.96. The van der Waals surface area contributed by atoms with Crippen molar-refractivity contribution in [2.45, 2.75) is 18.7 Å². The molecule has 0 aliphatic rings. The van der Waals surface area contributed by atoms with E-state index in [1.807, 2.05) is 0 Å². The van der Waals surface area contributed by atoms with Crippen LogP contribution in [0.4, 0.5) is 4.39 Å². The zero-order chi connectivity index (χ0) is 16.2. The molecule has 0 atom stereocenters. The first-order chi connectivity index (χ1) is 9.72. The first-order valence-corrected chi connectivity index (χ1v) is 7.91. The van der Waals surface area contributed by atoms with Crippen LogP contribution in [0.25, 0.3) is 0 Å². The second-order valence-electron chi connectivity index (χ2n) is 4.27. The van der Waals surface area contributed by atoms with Crippen molar-refractivity contribution in [2.75, 3.05) is 18.8 Å². The number of rotatable bonds is 6. The molecule has 8 heteroatoms. The smallest absolute Gasteiger partial charge is 0.338 e. The number of halogens is 1. The minimum absolute atomic E-state index is 0.370. The van der Waals surface area contributed by atoms with E-state index in [4.69, 9.17) is 5.11 Å². The van der Waals surface area contributed by atoms with E-state index >= 15 is 0 Å². The molecule has 0 spiro atoms. The van der Waals surface area contributed by atoms with Crippen LogP contribution in [-0.4, -0.2) is 49.1 Å². The van der Waals surface area contributed by atoms with Gasteiger partial charge in [-0.15, -0.1) is 0 Å². The lowest BCUT2D eigenvalue weighted by molar-refractivity contribution is -0.128. The van der Waals surface area contributed by atoms with Crippen LogP contribution in [0, 0.1) is 5.82 Å². The normalized spacial score (nSPS) is 11.2. The van der Waals surface area contributed by atoms with Gasteiger partial charge in [0.25, 0.3) is 0 Å². The van der Waals surface area contributed by atoms with Gasteiger partial charge in [0.1, 0.15) is 11.6 Å². The number of aromatic carboxylic acids is 1. The van der Waals surface area contributed by atoms with Crippen molar-refractivity contribution in [2.24, 2.45) is 0 Å². The van der Waals surface area contributed by atoms with Crippen molar-refractivity contribution >= 4 is 21.7 Å². The first kappa shape index (κ1) is 17.1. The van der Waals surface area contributed by atoms with Crippen LogP contribution in [0.5, 0.6) is 0 Å². The number of carboxylic acids is 1. The Labute approximate surface area is 122 Å². The fraction of sp³-hybridized carbons (Fsp3) is 0.385. The Hall–Kier alpha value is -1.96. The molecular weight excluding hydrogens is 301 g/mol. The number of hydrogen-bond donors (Lipinski definition) is 1. The third kappa shape index (κ3) is 4.01. The highest BCUT2D eigenvalue weighted by atomic mass is 32.2. The number of carboxylic acid groups (broad SMARTS) is 1. The lowest BCUT2D eigenvalue weighted by atomic mass is 10.2. The van der Waals surface area contributed by atoms with Gasteiger partial charge >= 0.3 is 5.97 Å². The summed E-state index contributed by atoms with van der Waals surface area (Å²) in [7, 11) is -4.02. The van der Waals surface area contributed by atoms with Crippen LogP contribution in [0.3, 0.4) is 0 Å². The van der Waals surface area contributed by atoms with Crippen molar-refractivity contribution in [1.29, 1.82) is 0 Å². The quantitative estimate of drug-likeness (QED) is 0.795. The Morgan fingerprint density at radius 3 is 2.29 bits per heavy atom. The third-order valence-electron chi connectivity index (χ3n) is 2.96. The number of sulfone groups is 1. The molecule has 1 aromatic rings. The number of carbonyl (C=O) groups excluding carboxylic acids is 1. The molecule has 116 valence electrons. The Balaban J connectivity index is 3.12. The summed E-state index contributed by atoms with van der Waals surface area (Å²) in [5, 5.41) is 8.79. The summed E-state index contributed by atoms with van der Waals surface area (Å²) in [5.41, 5.74) is -0.744. The molecule has 1 N–H and O–H groups in total. The molecular formula is C13H16FNO5S. The average molecular weight is 317 g/mol. The van der Waals surface area contributed by atoms with Gasteiger partial charge in [0, 0.05) is 13.1 Å². The van der Waals surface area contributed by atoms with E-state index in [0.29, 0.717) is 13.1 Å². The van der Waals surface area contributed by atoms with Crippen LogP contribution in [0.2, 0.25) is 0 Å². The Morgan fingerprint density at radius 1 is 1.24 bits per heavy atom. The Bertz CT molecular complexity index is 653. The molecule has 0 fully saturated rings. The SMILES string of the molecule is CCN(CC)C(=O)CS(=O)(=O)c1ccc(F)c(C(=O)O)c1. The molecule has 0 heterocycles. The maximum Gasteiger partial charge on any atom is 0.338 e. The molecule has 21 heavy (non-hydrogen) atoms. The average Bonchev–Trinajstić information content (AvgIpc) is 2.39. The van der Waals surface area contributed by atoms with Crippen LogP contribution in [0.15, 0.2) is 23.1 Å². The van der Waals surface area contributed by atoms with E-state index in [1.165, 1.54) is 4.90 Å². The van der Waals surface area contributed by atoms with Gasteiger partial charge in [0.05, 0.1) is 10.5 Å². The van der Waals surface area contributed by atoms with Gasteiger partial charge in [0.15, 0.2) is 9.84 Å². The molecule has 0 aliphatic heterocycles. The van der Waals surface area contributed by atoms with Crippen molar-refractivity contribution in [3.05, 3.63) is 29.6 Å². The highest BCUT2D eigenvalue weighted by molar-refractivity contribution is 7.92. The topological polar surface area (TPSA) is 91.8 Å². The highest BCUT2D eigenvalue weighted by Gasteiger charge is 2.24. The van der Waals surface area contributed by atoms with Gasteiger partial charge in [-0.2, -0.15) is 0 Å². The van der Waals surface area contributed by atoms with Gasteiger partial charge in [-0.3, -0.25) is 4.79 Å². The van der Waals surface area contributed by atoms with Gasteiger partial charge in [0.2, 0.25) is 5.91 Å². The number of amides is 1. The predicted molar refractivity (Wildman–Crippen MR) is 73.3 cm³/mol. The molecule has 0 saturated heterocycles. The summed E-state index contributed by atoms with van der Waals surface area (Å²) in [6.07, 6.45) is 0. The molecule has 1 amide bonds. The summed E-state index contributed by atoms with van der Waals surface area (Å²) in [6, 6.07) is 2.44. The van der Waals surface area contributed by atoms with Crippen molar-refractivity contribution in [1.82, 2.24) is 4.90 Å². The maximum absolute atomic E-state index is 13.3. The zero-order valence-electron chi connectivity index (χ0n) is 11.7. The minimum Gasteiger partial charge on any atom is -0.478 e. The van der Waals surface area contributed by atoms with Crippen LogP contribution >= 0.6 is 0 Å². The van der Waals surface area contributed by atoms with E-state index in [9.17, 15) is 22.4 Å². The fourth-order valence-corrected chi connectivity index (χ4v) is 3.02. The number of hydrogen-bond acceptors (Lipinski definition) is 4. The number of benzene rings is 1. The van der Waals surface area contributed by atoms with Crippen LogP contribution in [0.1, 0.15) is 24.2 Å². The second-order valence-corrected chi connectivity index (χ2v) is 6.26. The standard InChI is InChI=1S/C13H16FNO5S/c1-3-15(4-2)12(16)8-21(19,20)9-5-6-11(14)10(7-9)13(17)18/h5-7H,3-4,8H2,1-2H3,(H,17,18). The monoisotopic (exact) mass is 317 g/mol. The minimum atomic E-state index is -4.02. The fourth-order valence-electron chi connectivity index (χ4n) is 1.78. The van der Waals surface area contributed by atoms with E-state index in [2.05, 4.69) is 0 Å². The van der Waals surface area contributed by atoms with Crippen molar-refractivity contribution in [3.8, 4) is 0 Å². The van der Waals surface area contributed by atoms with Crippen molar-refractivity contribution < 1.29 is 27.5 Å². The molecule has 0 aromatic heterocycles. The summed E-state index contributed by atoms with van der Waals surface area (Å²) >= 11 is 0. The van der Waals surface area contributed by atoms with Crippen molar-refractivity contribution in [3.63, 3.8) is 0 Å². The number of carbonyl (C=O) groups is 2. The highest BCUT2D eigenvalue weighted by Crippen LogP contribution is 2.17. The molecule has 0 radical (unpaired) electrons. The van der Waals surface area contributed by atoms with Gasteiger partial charge in [-0.05, 0) is 32.0 Å². The molecule has 0 aliphatic carbocycles. The van der Waals surface area contributed by atoms with E-state index in [-0.39, 0.29) is 4.90 Å². The first-order valence-electron chi connectivity index (χ1n) is 6.26. The van der Waals surface area contributed by atoms with Crippen LogP contribution < -0.4 is 0 Å². The molecule has 6 nitrogen and oxygen atoms in total. The summed E-state index contributed by atoms with van der Waals surface area (Å²) in [6.45, 7) is 4.17. The third-order valence-corrected chi connectivity index (χ3v) is 4.56. The predicted octanol–water partition coefficient (Wildman–Crippen LogP) is 1.17. The summed E-state index contributed by atoms with van der Waals surface area (Å²) < 4.78 is 37.5. The van der Waals surface area contributed by atoms with E-state index < -0.39 is 38.8 Å². The largest absolute Gasteiger partial charge is 0.478 e. The molecule has 1 aromatic carbocycles. The second kappa shape index (κ2) is 6.66. The maximum atomic E-state index is 13.3. The molecule has 0 bridgehead atoms. The summed E-state index contributed by atoms with van der Waals surface area (Å²) in [4.78, 5) is 23.6. The lowest BCUT2D eigenvalue weighted by Crippen LogP contribution is -2.35. The Morgan fingerprint density at radius 2 is 1.81 bits per heavy atom. The lowest BCUT2D eigenvalue weighted by Gasteiger charge is -2.18. The Kier molecular flexibility index (Phi) is 5.42.